The molecule has 3 nitrogen and oxygen atoms in total. The van der Waals surface area contributed by atoms with E-state index in [1.54, 1.807) is 0 Å². The molecule has 2 heterocycles. The van der Waals surface area contributed by atoms with Crippen LogP contribution in [0.2, 0.25) is 0 Å². The van der Waals surface area contributed by atoms with E-state index in [0.29, 0.717) is 5.69 Å². The summed E-state index contributed by atoms with van der Waals surface area (Å²) in [5.41, 5.74) is 2.82. The highest BCUT2D eigenvalue weighted by Gasteiger charge is 2.10. The van der Waals surface area contributed by atoms with Crippen molar-refractivity contribution in [3.63, 3.8) is 0 Å². The highest BCUT2D eigenvalue weighted by Crippen LogP contribution is 2.29. The predicted molar refractivity (Wildman–Crippen MR) is 77.5 cm³/mol. The fourth-order valence-electron chi connectivity index (χ4n) is 2.58. The minimum atomic E-state index is 0.492. The van der Waals surface area contributed by atoms with Gasteiger partial charge in [-0.05, 0) is 18.6 Å². The van der Waals surface area contributed by atoms with Gasteiger partial charge in [-0.1, -0.05) is 31.5 Å². The number of nitrogens with zero attached hydrogens (tertiary/aromatic N) is 2. The van der Waals surface area contributed by atoms with Gasteiger partial charge in [-0.2, -0.15) is 0 Å². The van der Waals surface area contributed by atoms with Crippen molar-refractivity contribution < 1.29 is 4.79 Å². The second kappa shape index (κ2) is 4.84. The smallest absolute Gasteiger partial charge is 0.168 e. The lowest BCUT2D eigenvalue weighted by molar-refractivity contribution is 0.111. The zero-order chi connectivity index (χ0) is 13.2. The van der Waals surface area contributed by atoms with Crippen molar-refractivity contribution in [3.05, 3.63) is 42.2 Å². The van der Waals surface area contributed by atoms with Crippen LogP contribution in [0.4, 0.5) is 0 Å². The maximum atomic E-state index is 10.9. The minimum Gasteiger partial charge on any atom is -0.339 e. The summed E-state index contributed by atoms with van der Waals surface area (Å²) in [6.45, 7) is 3.18. The monoisotopic (exact) mass is 252 g/mol. The molecule has 0 aliphatic carbocycles. The number of benzene rings is 1. The Hall–Kier alpha value is -2.16. The third-order valence-electron chi connectivity index (χ3n) is 3.54. The van der Waals surface area contributed by atoms with E-state index in [4.69, 9.17) is 0 Å². The van der Waals surface area contributed by atoms with Crippen molar-refractivity contribution >= 4 is 28.1 Å². The van der Waals surface area contributed by atoms with Crippen LogP contribution in [-0.4, -0.2) is 15.8 Å². The zero-order valence-corrected chi connectivity index (χ0v) is 11.0. The molecular weight excluding hydrogens is 236 g/mol. The number of aldehydes is 1. The molecule has 0 spiro atoms. The van der Waals surface area contributed by atoms with E-state index in [2.05, 4.69) is 34.7 Å². The molecule has 19 heavy (non-hydrogen) atoms. The van der Waals surface area contributed by atoms with Crippen molar-refractivity contribution in [2.24, 2.45) is 0 Å². The first kappa shape index (κ1) is 11.9. The molecule has 0 atom stereocenters. The normalized spacial score (nSPS) is 11.2. The lowest BCUT2D eigenvalue weighted by atomic mass is 10.2. The van der Waals surface area contributed by atoms with Crippen LogP contribution >= 0.6 is 0 Å². The summed E-state index contributed by atoms with van der Waals surface area (Å²) in [6.07, 6.45) is 4.92. The van der Waals surface area contributed by atoms with Crippen molar-refractivity contribution in [1.29, 1.82) is 0 Å². The molecule has 0 amide bonds. The standard InChI is InChI=1S/C16H16N2O/c1-2-3-8-18-15-7-5-4-6-13(15)14-9-12(11-19)17-10-16(14)18/h4-7,9-11H,2-3,8H2,1H3. The second-order valence-electron chi connectivity index (χ2n) is 4.77. The Morgan fingerprint density at radius 2 is 2.05 bits per heavy atom. The van der Waals surface area contributed by atoms with Gasteiger partial charge >= 0.3 is 0 Å². The largest absolute Gasteiger partial charge is 0.339 e. The van der Waals surface area contributed by atoms with Gasteiger partial charge in [-0.15, -0.1) is 0 Å². The molecule has 0 aliphatic rings. The maximum absolute atomic E-state index is 10.9. The average molecular weight is 252 g/mol. The number of hydrogen-bond acceptors (Lipinski definition) is 2. The Morgan fingerprint density at radius 1 is 1.21 bits per heavy atom. The number of hydrogen-bond donors (Lipinski definition) is 0. The molecule has 3 heteroatoms. The number of rotatable bonds is 4. The Bertz CT molecular complexity index is 743. The molecule has 0 unspecified atom stereocenters. The highest BCUT2D eigenvalue weighted by atomic mass is 16.1. The number of carbonyl (C=O) groups excluding carboxylic acids is 1. The van der Waals surface area contributed by atoms with E-state index < -0.39 is 0 Å². The van der Waals surface area contributed by atoms with Crippen molar-refractivity contribution in [2.75, 3.05) is 0 Å². The molecule has 0 saturated carbocycles. The third kappa shape index (κ3) is 1.91. The first-order chi connectivity index (χ1) is 9.35. The van der Waals surface area contributed by atoms with Gasteiger partial charge in [0, 0.05) is 22.8 Å². The van der Waals surface area contributed by atoms with Gasteiger partial charge < -0.3 is 4.57 Å². The first-order valence-electron chi connectivity index (χ1n) is 6.67. The van der Waals surface area contributed by atoms with Gasteiger partial charge in [-0.3, -0.25) is 9.78 Å². The summed E-state index contributed by atoms with van der Waals surface area (Å²) in [4.78, 5) is 15.1. The van der Waals surface area contributed by atoms with Crippen molar-refractivity contribution in [3.8, 4) is 0 Å². The van der Waals surface area contributed by atoms with Gasteiger partial charge in [0.2, 0.25) is 0 Å². The van der Waals surface area contributed by atoms with Crippen molar-refractivity contribution in [2.45, 2.75) is 26.3 Å². The molecule has 3 aromatic rings. The number of aromatic nitrogens is 2. The SMILES string of the molecule is CCCCn1c2ccccc2c2cc(C=O)ncc21. The van der Waals surface area contributed by atoms with Crippen LogP contribution in [0.1, 0.15) is 30.3 Å². The molecule has 0 N–H and O–H groups in total. The Balaban J connectivity index is 2.33. The predicted octanol–water partition coefficient (Wildman–Crippen LogP) is 3.80. The van der Waals surface area contributed by atoms with Gasteiger partial charge in [-0.25, -0.2) is 0 Å². The number of fused-ring (bicyclic) bond motifs is 3. The molecule has 2 aromatic heterocycles. The highest BCUT2D eigenvalue weighted by molar-refractivity contribution is 6.08. The zero-order valence-electron chi connectivity index (χ0n) is 11.0. The molecule has 3 rings (SSSR count). The first-order valence-corrected chi connectivity index (χ1v) is 6.67. The summed E-state index contributed by atoms with van der Waals surface area (Å²) in [7, 11) is 0. The van der Waals surface area contributed by atoms with E-state index in [0.717, 1.165) is 36.6 Å². The molecule has 0 aliphatic heterocycles. The molecule has 96 valence electrons. The van der Waals surface area contributed by atoms with E-state index in [1.807, 2.05) is 18.3 Å². The molecule has 0 bridgehead atoms. The van der Waals surface area contributed by atoms with Crippen LogP contribution < -0.4 is 0 Å². The fraction of sp³-hybridized carbons (Fsp3) is 0.250. The van der Waals surface area contributed by atoms with Gasteiger partial charge in [0.15, 0.2) is 6.29 Å². The topological polar surface area (TPSA) is 34.9 Å². The average Bonchev–Trinajstić information content (AvgIpc) is 2.78. The second-order valence-corrected chi connectivity index (χ2v) is 4.77. The summed E-state index contributed by atoms with van der Waals surface area (Å²) in [5.74, 6) is 0. The Kier molecular flexibility index (Phi) is 3.03. The van der Waals surface area contributed by atoms with E-state index >= 15 is 0 Å². The van der Waals surface area contributed by atoms with E-state index in [-0.39, 0.29) is 0 Å². The molecular formula is C16H16N2O. The van der Waals surface area contributed by atoms with Crippen LogP contribution in [0, 0.1) is 0 Å². The number of pyridine rings is 1. The van der Waals surface area contributed by atoms with Crippen LogP contribution in [0.25, 0.3) is 21.8 Å². The third-order valence-corrected chi connectivity index (χ3v) is 3.54. The number of para-hydroxylation sites is 1. The van der Waals surface area contributed by atoms with E-state index in [9.17, 15) is 4.79 Å². The van der Waals surface area contributed by atoms with Gasteiger partial charge in [0.1, 0.15) is 5.69 Å². The molecule has 0 saturated heterocycles. The Labute approximate surface area is 111 Å². The quantitative estimate of drug-likeness (QED) is 0.662. The lowest BCUT2D eigenvalue weighted by Gasteiger charge is -2.05. The molecule has 0 fully saturated rings. The fourth-order valence-corrected chi connectivity index (χ4v) is 2.58. The van der Waals surface area contributed by atoms with Gasteiger partial charge in [0.05, 0.1) is 11.7 Å². The van der Waals surface area contributed by atoms with Gasteiger partial charge in [0.25, 0.3) is 0 Å². The molecule has 1 aromatic carbocycles. The number of unbranched alkanes of at least 4 members (excludes halogenated alkanes) is 1. The summed E-state index contributed by atoms with van der Waals surface area (Å²) >= 11 is 0. The number of aryl methyl sites for hydroxylation is 1. The van der Waals surface area contributed by atoms with E-state index in [1.165, 1.54) is 10.9 Å². The lowest BCUT2D eigenvalue weighted by Crippen LogP contribution is -1.97. The maximum Gasteiger partial charge on any atom is 0.168 e. The van der Waals surface area contributed by atoms with Crippen LogP contribution in [0.15, 0.2) is 36.5 Å². The summed E-state index contributed by atoms with van der Waals surface area (Å²) < 4.78 is 2.30. The number of carbonyl (C=O) groups is 1. The Morgan fingerprint density at radius 3 is 2.84 bits per heavy atom. The summed E-state index contributed by atoms with van der Waals surface area (Å²) in [5, 5.41) is 2.31. The molecule has 0 radical (unpaired) electrons. The van der Waals surface area contributed by atoms with Crippen LogP contribution in [0.5, 0.6) is 0 Å². The summed E-state index contributed by atoms with van der Waals surface area (Å²) in [6, 6.07) is 10.2. The van der Waals surface area contributed by atoms with Crippen molar-refractivity contribution in [1.82, 2.24) is 9.55 Å². The van der Waals surface area contributed by atoms with Crippen LogP contribution in [0.3, 0.4) is 0 Å². The minimum absolute atomic E-state index is 0.492. The van der Waals surface area contributed by atoms with Crippen LogP contribution in [-0.2, 0) is 6.54 Å².